The number of hydrogen-bond acceptors (Lipinski definition) is 4. The molecule has 1 aromatic heterocycles. The topological polar surface area (TPSA) is 77.2 Å². The number of benzene rings is 1. The van der Waals surface area contributed by atoms with Crippen LogP contribution < -0.4 is 15.8 Å². The van der Waals surface area contributed by atoms with Crippen molar-refractivity contribution in [2.24, 2.45) is 5.73 Å². The SMILES string of the molecule is COc1ccc(Cl)c(NC(=O)c2ccc(C(N)=S)cn2)c1. The zero-order valence-electron chi connectivity index (χ0n) is 11.1. The molecule has 0 fully saturated rings. The van der Waals surface area contributed by atoms with Crippen molar-refractivity contribution in [3.63, 3.8) is 0 Å². The van der Waals surface area contributed by atoms with Crippen molar-refractivity contribution >= 4 is 40.4 Å². The predicted molar refractivity (Wildman–Crippen MR) is 86.1 cm³/mol. The summed E-state index contributed by atoms with van der Waals surface area (Å²) >= 11 is 10.9. The third-order valence-corrected chi connectivity index (χ3v) is 3.27. The van der Waals surface area contributed by atoms with Crippen LogP contribution in [0.1, 0.15) is 16.1 Å². The largest absolute Gasteiger partial charge is 0.497 e. The first-order valence-electron chi connectivity index (χ1n) is 5.92. The first-order valence-corrected chi connectivity index (χ1v) is 6.70. The summed E-state index contributed by atoms with van der Waals surface area (Å²) in [4.78, 5) is 16.4. The lowest BCUT2D eigenvalue weighted by atomic mass is 10.2. The van der Waals surface area contributed by atoms with Crippen LogP contribution in [0.3, 0.4) is 0 Å². The van der Waals surface area contributed by atoms with Crippen molar-refractivity contribution in [2.45, 2.75) is 0 Å². The highest BCUT2D eigenvalue weighted by molar-refractivity contribution is 7.80. The van der Waals surface area contributed by atoms with Crippen LogP contribution in [-0.2, 0) is 0 Å². The molecule has 1 amide bonds. The van der Waals surface area contributed by atoms with E-state index in [1.165, 1.54) is 19.4 Å². The van der Waals surface area contributed by atoms with E-state index in [4.69, 9.17) is 34.3 Å². The zero-order valence-corrected chi connectivity index (χ0v) is 12.7. The molecule has 0 spiro atoms. The number of aromatic nitrogens is 1. The number of nitrogens with two attached hydrogens (primary N) is 1. The van der Waals surface area contributed by atoms with Crippen LogP contribution in [0.15, 0.2) is 36.5 Å². The molecule has 0 aliphatic carbocycles. The van der Waals surface area contributed by atoms with Crippen LogP contribution in [0, 0.1) is 0 Å². The monoisotopic (exact) mass is 321 g/mol. The van der Waals surface area contributed by atoms with E-state index in [1.54, 1.807) is 24.3 Å². The van der Waals surface area contributed by atoms with Gasteiger partial charge in [0.25, 0.3) is 5.91 Å². The molecule has 0 atom stereocenters. The van der Waals surface area contributed by atoms with Crippen LogP contribution in [0.4, 0.5) is 5.69 Å². The molecule has 7 heteroatoms. The van der Waals surface area contributed by atoms with E-state index in [0.29, 0.717) is 22.0 Å². The lowest BCUT2D eigenvalue weighted by Crippen LogP contribution is -2.15. The summed E-state index contributed by atoms with van der Waals surface area (Å²) in [6.07, 6.45) is 1.45. The molecule has 0 aliphatic heterocycles. The Kier molecular flexibility index (Phi) is 4.72. The number of methoxy groups -OCH3 is 1. The summed E-state index contributed by atoms with van der Waals surface area (Å²) in [6.45, 7) is 0. The Hall–Kier alpha value is -2.18. The van der Waals surface area contributed by atoms with E-state index < -0.39 is 0 Å². The number of anilines is 1. The Morgan fingerprint density at radius 1 is 1.38 bits per heavy atom. The molecule has 0 unspecified atom stereocenters. The van der Waals surface area contributed by atoms with Gasteiger partial charge >= 0.3 is 0 Å². The molecule has 0 aliphatic rings. The van der Waals surface area contributed by atoms with Crippen LogP contribution in [0.5, 0.6) is 5.75 Å². The van der Waals surface area contributed by atoms with Crippen molar-refractivity contribution < 1.29 is 9.53 Å². The van der Waals surface area contributed by atoms with Crippen molar-refractivity contribution in [3.8, 4) is 5.75 Å². The van der Waals surface area contributed by atoms with Crippen LogP contribution >= 0.6 is 23.8 Å². The smallest absolute Gasteiger partial charge is 0.274 e. The number of pyridine rings is 1. The number of ether oxygens (including phenoxy) is 1. The standard InChI is InChI=1S/C14H12ClN3O2S/c1-20-9-3-4-10(15)12(6-9)18-14(19)11-5-2-8(7-17-11)13(16)21/h2-7H,1H3,(H2,16,21)(H,18,19). The molecular formula is C14H12ClN3O2S. The highest BCUT2D eigenvalue weighted by Crippen LogP contribution is 2.26. The lowest BCUT2D eigenvalue weighted by molar-refractivity contribution is 0.102. The van der Waals surface area contributed by atoms with Gasteiger partial charge in [0.15, 0.2) is 0 Å². The average Bonchev–Trinajstić information content (AvgIpc) is 2.49. The number of amides is 1. The highest BCUT2D eigenvalue weighted by atomic mass is 35.5. The van der Waals surface area contributed by atoms with E-state index in [2.05, 4.69) is 10.3 Å². The van der Waals surface area contributed by atoms with Gasteiger partial charge in [-0.25, -0.2) is 0 Å². The maximum atomic E-state index is 12.1. The van der Waals surface area contributed by atoms with Crippen molar-refractivity contribution in [2.75, 3.05) is 12.4 Å². The fourth-order valence-corrected chi connectivity index (χ4v) is 1.87. The first kappa shape index (κ1) is 15.2. The second kappa shape index (κ2) is 6.51. The molecule has 3 N–H and O–H groups in total. The minimum Gasteiger partial charge on any atom is -0.497 e. The Morgan fingerprint density at radius 2 is 2.14 bits per heavy atom. The van der Waals surface area contributed by atoms with E-state index >= 15 is 0 Å². The second-order valence-electron chi connectivity index (χ2n) is 4.10. The lowest BCUT2D eigenvalue weighted by Gasteiger charge is -2.09. The average molecular weight is 322 g/mol. The number of halogens is 1. The molecule has 0 radical (unpaired) electrons. The molecule has 1 aromatic carbocycles. The van der Waals surface area contributed by atoms with Gasteiger partial charge in [0, 0.05) is 17.8 Å². The number of carbonyl (C=O) groups is 1. The van der Waals surface area contributed by atoms with Gasteiger partial charge in [-0.2, -0.15) is 0 Å². The predicted octanol–water partition coefficient (Wildman–Crippen LogP) is 2.63. The van der Waals surface area contributed by atoms with Gasteiger partial charge in [-0.05, 0) is 24.3 Å². The Bertz CT molecular complexity index is 689. The van der Waals surface area contributed by atoms with E-state index in [-0.39, 0.29) is 16.6 Å². The normalized spacial score (nSPS) is 10.0. The number of rotatable bonds is 4. The summed E-state index contributed by atoms with van der Waals surface area (Å²) in [7, 11) is 1.53. The summed E-state index contributed by atoms with van der Waals surface area (Å²) < 4.78 is 5.09. The number of nitrogens with zero attached hydrogens (tertiary/aromatic N) is 1. The molecular weight excluding hydrogens is 310 g/mol. The number of thiocarbonyl (C=S) groups is 1. The number of hydrogen-bond donors (Lipinski definition) is 2. The minimum atomic E-state index is -0.389. The van der Waals surface area contributed by atoms with Crippen LogP contribution in [-0.4, -0.2) is 23.0 Å². The molecule has 108 valence electrons. The molecule has 1 heterocycles. The fraction of sp³-hybridized carbons (Fsp3) is 0.0714. The van der Waals surface area contributed by atoms with Gasteiger partial charge in [0.05, 0.1) is 17.8 Å². The van der Waals surface area contributed by atoms with E-state index in [9.17, 15) is 4.79 Å². The molecule has 0 saturated carbocycles. The van der Waals surface area contributed by atoms with Gasteiger partial charge < -0.3 is 15.8 Å². The molecule has 0 bridgehead atoms. The summed E-state index contributed by atoms with van der Waals surface area (Å²) in [5.74, 6) is 0.200. The van der Waals surface area contributed by atoms with Crippen LogP contribution in [0.25, 0.3) is 0 Å². The molecule has 2 rings (SSSR count). The van der Waals surface area contributed by atoms with Crippen LogP contribution in [0.2, 0.25) is 5.02 Å². The second-order valence-corrected chi connectivity index (χ2v) is 4.94. The third-order valence-electron chi connectivity index (χ3n) is 2.70. The summed E-state index contributed by atoms with van der Waals surface area (Å²) in [5, 5.41) is 3.08. The zero-order chi connectivity index (χ0) is 15.4. The van der Waals surface area contributed by atoms with E-state index in [1.807, 2.05) is 0 Å². The van der Waals surface area contributed by atoms with E-state index in [0.717, 1.165) is 0 Å². The third kappa shape index (κ3) is 3.68. The van der Waals surface area contributed by atoms with Gasteiger partial charge in [-0.15, -0.1) is 0 Å². The molecule has 5 nitrogen and oxygen atoms in total. The molecule has 21 heavy (non-hydrogen) atoms. The maximum absolute atomic E-state index is 12.1. The Labute approximate surface area is 132 Å². The van der Waals surface area contributed by atoms with Gasteiger partial charge in [0.2, 0.25) is 0 Å². The summed E-state index contributed by atoms with van der Waals surface area (Å²) in [5.41, 5.74) is 6.75. The first-order chi connectivity index (χ1) is 10.0. The number of carbonyl (C=O) groups excluding carboxylic acids is 1. The van der Waals surface area contributed by atoms with Gasteiger partial charge in [-0.3, -0.25) is 9.78 Å². The summed E-state index contributed by atoms with van der Waals surface area (Å²) in [6, 6.07) is 8.14. The van der Waals surface area contributed by atoms with Crippen molar-refractivity contribution in [1.82, 2.24) is 4.98 Å². The fourth-order valence-electron chi connectivity index (χ4n) is 1.59. The maximum Gasteiger partial charge on any atom is 0.274 e. The van der Waals surface area contributed by atoms with Crippen molar-refractivity contribution in [1.29, 1.82) is 0 Å². The van der Waals surface area contributed by atoms with Gasteiger partial charge in [0.1, 0.15) is 16.4 Å². The quantitative estimate of drug-likeness (QED) is 0.846. The Morgan fingerprint density at radius 3 is 2.71 bits per heavy atom. The highest BCUT2D eigenvalue weighted by Gasteiger charge is 2.11. The van der Waals surface area contributed by atoms with Gasteiger partial charge in [-0.1, -0.05) is 23.8 Å². The minimum absolute atomic E-state index is 0.227. The van der Waals surface area contributed by atoms with Crippen molar-refractivity contribution in [3.05, 3.63) is 52.8 Å². The Balaban J connectivity index is 2.19. The number of nitrogens with one attached hydrogen (secondary N) is 1. The molecule has 0 saturated heterocycles. The molecule has 2 aromatic rings.